The molecule has 1 radical (unpaired) electrons. The lowest BCUT2D eigenvalue weighted by Gasteiger charge is -2.07. The second-order valence-corrected chi connectivity index (χ2v) is 8.28. The predicted octanol–water partition coefficient (Wildman–Crippen LogP) is 7.61. The van der Waals surface area contributed by atoms with Gasteiger partial charge in [-0.2, -0.15) is 0 Å². The van der Waals surface area contributed by atoms with Crippen LogP contribution in [-0.2, 0) is 19.3 Å². The van der Waals surface area contributed by atoms with Crippen molar-refractivity contribution in [2.75, 3.05) is 0 Å². The topological polar surface area (TPSA) is 38.7 Å². The second kappa shape index (κ2) is 18.1. The summed E-state index contributed by atoms with van der Waals surface area (Å²) < 4.78 is 0. The van der Waals surface area contributed by atoms with Gasteiger partial charge in [-0.15, -0.1) is 0 Å². The van der Waals surface area contributed by atoms with Crippen LogP contribution < -0.4 is 0 Å². The summed E-state index contributed by atoms with van der Waals surface area (Å²) in [5, 5.41) is 0. The van der Waals surface area contributed by atoms with E-state index in [4.69, 9.17) is 4.98 Å². The molecule has 1 heterocycles. The first kappa shape index (κ1) is 25.0. The van der Waals surface area contributed by atoms with Gasteiger partial charge >= 0.3 is 0 Å². The van der Waals surface area contributed by atoms with Crippen molar-refractivity contribution in [3.63, 3.8) is 0 Å². The van der Waals surface area contributed by atoms with Gasteiger partial charge in [-0.05, 0) is 19.8 Å². The SMILES string of the molecule is [CH2]Cc1nc(CCCCCCCCCC)nc(CCCCCCCCCC)n1. The van der Waals surface area contributed by atoms with E-state index in [-0.39, 0.29) is 0 Å². The van der Waals surface area contributed by atoms with E-state index < -0.39 is 0 Å². The molecule has 3 heteroatoms. The molecule has 0 aliphatic heterocycles. The van der Waals surface area contributed by atoms with Gasteiger partial charge in [0.2, 0.25) is 0 Å². The standard InChI is InChI=1S/C25H46N3/c1-4-7-9-11-13-15-17-19-21-24-26-23(6-3)27-25(28-24)22-20-18-16-14-12-10-8-5-2/h3-22H2,1-2H3. The van der Waals surface area contributed by atoms with E-state index in [1.54, 1.807) is 0 Å². The van der Waals surface area contributed by atoms with E-state index in [1.165, 1.54) is 103 Å². The summed E-state index contributed by atoms with van der Waals surface area (Å²) in [5.41, 5.74) is 0. The Hall–Kier alpha value is -0.990. The fraction of sp³-hybridized carbons (Fsp3) is 0.840. The Labute approximate surface area is 175 Å². The molecule has 0 aliphatic rings. The third kappa shape index (κ3) is 13.2. The van der Waals surface area contributed by atoms with Gasteiger partial charge in [0.15, 0.2) is 0 Å². The molecule has 161 valence electrons. The van der Waals surface area contributed by atoms with Crippen LogP contribution in [0.5, 0.6) is 0 Å². The maximum Gasteiger partial charge on any atom is 0.132 e. The molecule has 0 unspecified atom stereocenters. The third-order valence-electron chi connectivity index (χ3n) is 5.51. The molecule has 0 spiro atoms. The highest BCUT2D eigenvalue weighted by molar-refractivity contribution is 4.99. The second-order valence-electron chi connectivity index (χ2n) is 8.28. The van der Waals surface area contributed by atoms with Crippen molar-refractivity contribution < 1.29 is 0 Å². The van der Waals surface area contributed by atoms with Crippen molar-refractivity contribution in [3.05, 3.63) is 24.4 Å². The minimum Gasteiger partial charge on any atom is -0.218 e. The zero-order valence-electron chi connectivity index (χ0n) is 19.0. The highest BCUT2D eigenvalue weighted by Gasteiger charge is 2.06. The van der Waals surface area contributed by atoms with Crippen LogP contribution in [0.25, 0.3) is 0 Å². The lowest BCUT2D eigenvalue weighted by molar-refractivity contribution is 0.564. The predicted molar refractivity (Wildman–Crippen MR) is 122 cm³/mol. The molecular formula is C25H46N3. The summed E-state index contributed by atoms with van der Waals surface area (Å²) in [6.45, 7) is 8.53. The van der Waals surface area contributed by atoms with E-state index in [1.807, 2.05) is 0 Å². The molecule has 1 aromatic heterocycles. The van der Waals surface area contributed by atoms with E-state index in [9.17, 15) is 0 Å². The van der Waals surface area contributed by atoms with Gasteiger partial charge in [0.25, 0.3) is 0 Å². The van der Waals surface area contributed by atoms with Crippen molar-refractivity contribution in [2.24, 2.45) is 0 Å². The molecular weight excluding hydrogens is 342 g/mol. The molecule has 0 aliphatic carbocycles. The van der Waals surface area contributed by atoms with Gasteiger partial charge in [-0.1, -0.05) is 104 Å². The van der Waals surface area contributed by atoms with Crippen LogP contribution in [0.1, 0.15) is 134 Å². The van der Waals surface area contributed by atoms with Gasteiger partial charge < -0.3 is 0 Å². The van der Waals surface area contributed by atoms with Crippen LogP contribution in [0, 0.1) is 6.92 Å². The summed E-state index contributed by atoms with van der Waals surface area (Å²) in [7, 11) is 0. The number of unbranched alkanes of at least 4 members (excludes halogenated alkanes) is 14. The van der Waals surface area contributed by atoms with Crippen molar-refractivity contribution in [1.29, 1.82) is 0 Å². The fourth-order valence-corrected chi connectivity index (χ4v) is 3.69. The maximum atomic E-state index is 4.75. The molecule has 28 heavy (non-hydrogen) atoms. The molecule has 0 amide bonds. The minimum absolute atomic E-state index is 0.664. The van der Waals surface area contributed by atoms with Crippen LogP contribution in [0.4, 0.5) is 0 Å². The Bertz CT molecular complexity index is 435. The van der Waals surface area contributed by atoms with Gasteiger partial charge in [0.05, 0.1) is 0 Å². The summed E-state index contributed by atoms with van der Waals surface area (Å²) in [4.78, 5) is 14.0. The highest BCUT2D eigenvalue weighted by Crippen LogP contribution is 2.12. The first-order valence-corrected chi connectivity index (χ1v) is 12.3. The Balaban J connectivity index is 2.22. The van der Waals surface area contributed by atoms with Crippen LogP contribution in [-0.4, -0.2) is 15.0 Å². The summed E-state index contributed by atoms with van der Waals surface area (Å²) in [6.07, 6.45) is 24.1. The third-order valence-corrected chi connectivity index (χ3v) is 5.51. The van der Waals surface area contributed by atoms with E-state index in [2.05, 4.69) is 30.7 Å². The highest BCUT2D eigenvalue weighted by atomic mass is 15.0. The largest absolute Gasteiger partial charge is 0.218 e. The lowest BCUT2D eigenvalue weighted by atomic mass is 10.1. The van der Waals surface area contributed by atoms with Crippen molar-refractivity contribution in [1.82, 2.24) is 15.0 Å². The van der Waals surface area contributed by atoms with Gasteiger partial charge in [-0.3, -0.25) is 0 Å². The van der Waals surface area contributed by atoms with E-state index in [0.29, 0.717) is 6.42 Å². The maximum absolute atomic E-state index is 4.75. The normalized spacial score (nSPS) is 11.2. The zero-order chi connectivity index (χ0) is 20.3. The van der Waals surface area contributed by atoms with Gasteiger partial charge in [0, 0.05) is 19.3 Å². The molecule has 0 N–H and O–H groups in total. The molecule has 0 saturated heterocycles. The average Bonchev–Trinajstić information content (AvgIpc) is 2.71. The monoisotopic (exact) mass is 388 g/mol. The van der Waals surface area contributed by atoms with Crippen molar-refractivity contribution in [3.8, 4) is 0 Å². The minimum atomic E-state index is 0.664. The molecule has 0 atom stereocenters. The van der Waals surface area contributed by atoms with Crippen molar-refractivity contribution in [2.45, 2.75) is 136 Å². The Morgan fingerprint density at radius 3 is 1.14 bits per heavy atom. The van der Waals surface area contributed by atoms with E-state index in [0.717, 1.165) is 30.3 Å². The fourth-order valence-electron chi connectivity index (χ4n) is 3.69. The number of hydrogen-bond acceptors (Lipinski definition) is 3. The Morgan fingerprint density at radius 2 is 0.786 bits per heavy atom. The first-order chi connectivity index (χ1) is 13.8. The number of nitrogens with zero attached hydrogens (tertiary/aromatic N) is 3. The average molecular weight is 389 g/mol. The van der Waals surface area contributed by atoms with Crippen LogP contribution >= 0.6 is 0 Å². The molecule has 3 nitrogen and oxygen atoms in total. The van der Waals surface area contributed by atoms with Crippen molar-refractivity contribution >= 4 is 0 Å². The Kier molecular flexibility index (Phi) is 16.2. The zero-order valence-corrected chi connectivity index (χ0v) is 19.0. The lowest BCUT2D eigenvalue weighted by Crippen LogP contribution is -2.08. The molecule has 0 fully saturated rings. The summed E-state index contributed by atoms with van der Waals surface area (Å²) in [5.74, 6) is 2.86. The van der Waals surface area contributed by atoms with Crippen LogP contribution in [0.3, 0.4) is 0 Å². The van der Waals surface area contributed by atoms with Gasteiger partial charge in [0.1, 0.15) is 17.5 Å². The molecule has 0 saturated carbocycles. The number of aryl methyl sites for hydroxylation is 2. The smallest absolute Gasteiger partial charge is 0.132 e. The first-order valence-electron chi connectivity index (χ1n) is 12.3. The summed E-state index contributed by atoms with van der Waals surface area (Å²) in [6, 6.07) is 0. The van der Waals surface area contributed by atoms with Crippen LogP contribution in [0.2, 0.25) is 0 Å². The van der Waals surface area contributed by atoms with Crippen LogP contribution in [0.15, 0.2) is 0 Å². The number of hydrogen-bond donors (Lipinski definition) is 0. The quantitative estimate of drug-likeness (QED) is 0.229. The molecule has 1 rings (SSSR count). The number of aromatic nitrogens is 3. The Morgan fingerprint density at radius 1 is 0.464 bits per heavy atom. The summed E-state index contributed by atoms with van der Waals surface area (Å²) >= 11 is 0. The van der Waals surface area contributed by atoms with E-state index >= 15 is 0 Å². The van der Waals surface area contributed by atoms with Gasteiger partial charge in [-0.25, -0.2) is 15.0 Å². The number of rotatable bonds is 19. The molecule has 0 bridgehead atoms. The molecule has 0 aromatic carbocycles. The molecule has 1 aromatic rings.